The molecule has 0 unspecified atom stereocenters. The smallest absolute Gasteiger partial charge is 0.209 e. The molecule has 0 saturated carbocycles. The number of aromatic nitrogens is 1. The molecule has 0 bridgehead atoms. The summed E-state index contributed by atoms with van der Waals surface area (Å²) in [7, 11) is 0. The molecule has 0 aliphatic heterocycles. The number of hydrogen-bond donors (Lipinski definition) is 1. The third-order valence-corrected chi connectivity index (χ3v) is 3.44. The second-order valence-electron chi connectivity index (χ2n) is 5.38. The number of rotatable bonds is 3. The van der Waals surface area contributed by atoms with Crippen LogP contribution in [0.2, 0.25) is 0 Å². The van der Waals surface area contributed by atoms with Crippen LogP contribution in [0.4, 0.5) is 0 Å². The highest BCUT2D eigenvalue weighted by Gasteiger charge is 2.17. The maximum absolute atomic E-state index is 12.8. The van der Waals surface area contributed by atoms with Crippen LogP contribution in [-0.4, -0.2) is 10.8 Å². The maximum Gasteiger partial charge on any atom is 0.209 e. The van der Waals surface area contributed by atoms with E-state index in [-0.39, 0.29) is 5.78 Å². The van der Waals surface area contributed by atoms with E-state index in [0.717, 1.165) is 16.5 Å². The van der Waals surface area contributed by atoms with Gasteiger partial charge >= 0.3 is 0 Å². The van der Waals surface area contributed by atoms with Crippen LogP contribution in [0.1, 0.15) is 35.5 Å². The largest absolute Gasteiger partial charge is 0.351 e. The van der Waals surface area contributed by atoms with Crippen molar-refractivity contribution in [1.29, 1.82) is 0 Å². The second kappa shape index (κ2) is 5.41. The summed E-state index contributed by atoms with van der Waals surface area (Å²) < 4.78 is 0. The average Bonchev–Trinajstić information content (AvgIpc) is 2.86. The number of carbonyl (C=O) groups is 1. The van der Waals surface area contributed by atoms with Gasteiger partial charge in [0.1, 0.15) is 0 Å². The topological polar surface area (TPSA) is 32.9 Å². The predicted octanol–water partition coefficient (Wildman–Crippen LogP) is 4.82. The minimum absolute atomic E-state index is 0.0271. The predicted molar refractivity (Wildman–Crippen MR) is 87.5 cm³/mol. The Hall–Kier alpha value is -2.61. The summed E-state index contributed by atoms with van der Waals surface area (Å²) in [5.41, 5.74) is 4.49. The van der Waals surface area contributed by atoms with E-state index in [2.05, 4.69) is 11.1 Å². The second-order valence-corrected chi connectivity index (χ2v) is 5.38. The summed E-state index contributed by atoms with van der Waals surface area (Å²) in [5, 5.41) is 1.08. The minimum atomic E-state index is 0.0271. The lowest BCUT2D eigenvalue weighted by Gasteiger charge is -2.01. The number of para-hydroxylation sites is 1. The number of H-pyrrole nitrogens is 1. The number of fused-ring (bicyclic) bond motifs is 1. The minimum Gasteiger partial charge on any atom is -0.351 e. The first-order valence-corrected chi connectivity index (χ1v) is 7.02. The number of allylic oxidation sites excluding steroid dienone is 1. The van der Waals surface area contributed by atoms with E-state index in [1.54, 1.807) is 0 Å². The molecule has 1 heterocycles. The van der Waals surface area contributed by atoms with Gasteiger partial charge in [-0.3, -0.25) is 4.79 Å². The third kappa shape index (κ3) is 2.52. The Morgan fingerprint density at radius 1 is 0.952 bits per heavy atom. The molecular formula is C19H17NO. The van der Waals surface area contributed by atoms with Crippen LogP contribution in [0, 0.1) is 0 Å². The fraction of sp³-hybridized carbons (Fsp3) is 0.105. The van der Waals surface area contributed by atoms with Gasteiger partial charge < -0.3 is 4.98 Å². The van der Waals surface area contributed by atoms with Crippen molar-refractivity contribution in [3.05, 3.63) is 77.0 Å². The molecule has 0 radical (unpaired) electrons. The zero-order chi connectivity index (χ0) is 14.8. The van der Waals surface area contributed by atoms with Crippen molar-refractivity contribution in [3.8, 4) is 0 Å². The monoisotopic (exact) mass is 275 g/mol. The third-order valence-electron chi connectivity index (χ3n) is 3.44. The van der Waals surface area contributed by atoms with Crippen LogP contribution in [0.5, 0.6) is 0 Å². The van der Waals surface area contributed by atoms with E-state index in [1.165, 1.54) is 5.57 Å². The van der Waals surface area contributed by atoms with Gasteiger partial charge in [-0.2, -0.15) is 0 Å². The van der Waals surface area contributed by atoms with Crippen molar-refractivity contribution in [2.75, 3.05) is 0 Å². The van der Waals surface area contributed by atoms with Gasteiger partial charge in [-0.15, -0.1) is 0 Å². The molecule has 104 valence electrons. The number of hydrogen-bond acceptors (Lipinski definition) is 1. The van der Waals surface area contributed by atoms with Crippen LogP contribution >= 0.6 is 0 Å². The van der Waals surface area contributed by atoms with Gasteiger partial charge in [0.15, 0.2) is 0 Å². The van der Waals surface area contributed by atoms with Gasteiger partial charge in [0, 0.05) is 22.0 Å². The molecular weight excluding hydrogens is 258 g/mol. The summed E-state index contributed by atoms with van der Waals surface area (Å²) in [5.74, 6) is 0.0271. The first-order valence-electron chi connectivity index (χ1n) is 7.02. The van der Waals surface area contributed by atoms with Gasteiger partial charge in [-0.1, -0.05) is 60.2 Å². The zero-order valence-electron chi connectivity index (χ0n) is 12.2. The lowest BCUT2D eigenvalue weighted by molar-refractivity contribution is 0.103. The van der Waals surface area contributed by atoms with Crippen LogP contribution in [0.15, 0.2) is 60.2 Å². The molecule has 2 heteroatoms. The van der Waals surface area contributed by atoms with Crippen molar-refractivity contribution in [2.45, 2.75) is 13.8 Å². The SMILES string of the molecule is CC(C)=Cc1c(C(=O)c2ccccc2)[nH]c2ccccc12. The maximum atomic E-state index is 12.8. The van der Waals surface area contributed by atoms with E-state index < -0.39 is 0 Å². The van der Waals surface area contributed by atoms with Gasteiger partial charge in [0.05, 0.1) is 5.69 Å². The Balaban J connectivity index is 2.22. The van der Waals surface area contributed by atoms with Crippen molar-refractivity contribution in [3.63, 3.8) is 0 Å². The molecule has 0 amide bonds. The highest BCUT2D eigenvalue weighted by atomic mass is 16.1. The summed E-state index contributed by atoms with van der Waals surface area (Å²) in [4.78, 5) is 16.0. The lowest BCUT2D eigenvalue weighted by Crippen LogP contribution is -2.03. The van der Waals surface area contributed by atoms with Crippen LogP contribution in [0.3, 0.4) is 0 Å². The Morgan fingerprint density at radius 3 is 2.33 bits per heavy atom. The molecule has 0 aliphatic carbocycles. The van der Waals surface area contributed by atoms with Gasteiger partial charge in [0.2, 0.25) is 5.78 Å². The number of ketones is 1. The fourth-order valence-corrected chi connectivity index (χ4v) is 2.52. The molecule has 3 aromatic rings. The molecule has 0 fully saturated rings. The molecule has 0 spiro atoms. The highest BCUT2D eigenvalue weighted by Crippen LogP contribution is 2.26. The quantitative estimate of drug-likeness (QED) is 0.683. The van der Waals surface area contributed by atoms with Crippen molar-refractivity contribution < 1.29 is 4.79 Å². The van der Waals surface area contributed by atoms with Crippen molar-refractivity contribution >= 4 is 22.8 Å². The van der Waals surface area contributed by atoms with Gasteiger partial charge in [0.25, 0.3) is 0 Å². The van der Waals surface area contributed by atoms with E-state index in [0.29, 0.717) is 11.3 Å². The summed E-state index contributed by atoms with van der Waals surface area (Å²) in [6.07, 6.45) is 2.06. The fourth-order valence-electron chi connectivity index (χ4n) is 2.52. The summed E-state index contributed by atoms with van der Waals surface area (Å²) in [6, 6.07) is 17.4. The first-order chi connectivity index (χ1) is 10.2. The summed E-state index contributed by atoms with van der Waals surface area (Å²) in [6.45, 7) is 4.08. The Bertz CT molecular complexity index is 821. The van der Waals surface area contributed by atoms with Crippen molar-refractivity contribution in [1.82, 2.24) is 4.98 Å². The van der Waals surface area contributed by atoms with E-state index in [4.69, 9.17) is 0 Å². The Morgan fingerprint density at radius 2 is 1.62 bits per heavy atom. The van der Waals surface area contributed by atoms with E-state index in [1.807, 2.05) is 68.4 Å². The molecule has 1 N–H and O–H groups in total. The molecule has 2 aromatic carbocycles. The van der Waals surface area contributed by atoms with Gasteiger partial charge in [-0.25, -0.2) is 0 Å². The molecule has 2 nitrogen and oxygen atoms in total. The molecule has 3 rings (SSSR count). The molecule has 21 heavy (non-hydrogen) atoms. The molecule has 0 saturated heterocycles. The van der Waals surface area contributed by atoms with E-state index in [9.17, 15) is 4.79 Å². The molecule has 0 aliphatic rings. The standard InChI is InChI=1S/C19H17NO/c1-13(2)12-16-15-10-6-7-11-17(15)20-18(16)19(21)14-8-4-3-5-9-14/h3-12,20H,1-2H3. The summed E-state index contributed by atoms with van der Waals surface area (Å²) >= 11 is 0. The van der Waals surface area contributed by atoms with Crippen LogP contribution in [0.25, 0.3) is 17.0 Å². The molecule has 0 atom stereocenters. The van der Waals surface area contributed by atoms with Crippen molar-refractivity contribution in [2.24, 2.45) is 0 Å². The lowest BCUT2D eigenvalue weighted by atomic mass is 10.0. The number of aromatic amines is 1. The number of carbonyl (C=O) groups excluding carboxylic acids is 1. The Kier molecular flexibility index (Phi) is 3.44. The number of benzene rings is 2. The highest BCUT2D eigenvalue weighted by molar-refractivity contribution is 6.13. The zero-order valence-corrected chi connectivity index (χ0v) is 12.2. The molecule has 1 aromatic heterocycles. The van der Waals surface area contributed by atoms with E-state index >= 15 is 0 Å². The first kappa shape index (κ1) is 13.4. The Labute approximate surface area is 124 Å². The average molecular weight is 275 g/mol. The van der Waals surface area contributed by atoms with Crippen LogP contribution in [-0.2, 0) is 0 Å². The number of nitrogens with one attached hydrogen (secondary N) is 1. The normalized spacial score (nSPS) is 10.6. The van der Waals surface area contributed by atoms with Crippen LogP contribution < -0.4 is 0 Å². The van der Waals surface area contributed by atoms with Gasteiger partial charge in [-0.05, 0) is 19.9 Å².